The number of hydrogen-bond donors (Lipinski definition) is 2. The smallest absolute Gasteiger partial charge is 0.322 e. The van der Waals surface area contributed by atoms with Crippen LogP contribution < -0.4 is 15.4 Å². The third-order valence-corrected chi connectivity index (χ3v) is 5.14. The van der Waals surface area contributed by atoms with Crippen LogP contribution in [0.25, 0.3) is 0 Å². The monoisotopic (exact) mass is 377 g/mol. The minimum absolute atomic E-state index is 0.0548. The standard InChI is InChI=1S/C19H24FN3O4/c1-19(17(25)21-18(26)22-19)9-8-16(24)23-10-4-5-13(11-23)12-27-15-7-3-2-6-14(15)20/h2-3,6-7,13H,4-5,8-12H2,1H3,(H2,21,22,25,26)/t13-,19-/m1/s1. The lowest BCUT2D eigenvalue weighted by atomic mass is 9.94. The van der Waals surface area contributed by atoms with E-state index >= 15 is 0 Å². The van der Waals surface area contributed by atoms with E-state index in [1.54, 1.807) is 30.0 Å². The Morgan fingerprint density at radius 1 is 1.37 bits per heavy atom. The molecule has 8 heteroatoms. The molecule has 3 rings (SSSR count). The van der Waals surface area contributed by atoms with E-state index in [4.69, 9.17) is 4.74 Å². The molecule has 0 radical (unpaired) electrons. The number of nitrogens with one attached hydrogen (secondary N) is 2. The molecule has 2 aliphatic rings. The van der Waals surface area contributed by atoms with Crippen molar-refractivity contribution in [1.82, 2.24) is 15.5 Å². The van der Waals surface area contributed by atoms with Gasteiger partial charge in [-0.3, -0.25) is 14.9 Å². The van der Waals surface area contributed by atoms with E-state index in [0.29, 0.717) is 19.7 Å². The Kier molecular flexibility index (Phi) is 5.62. The summed E-state index contributed by atoms with van der Waals surface area (Å²) < 4.78 is 19.2. The van der Waals surface area contributed by atoms with E-state index < -0.39 is 23.3 Å². The van der Waals surface area contributed by atoms with Crippen LogP contribution >= 0.6 is 0 Å². The molecule has 2 heterocycles. The van der Waals surface area contributed by atoms with Gasteiger partial charge in [-0.25, -0.2) is 9.18 Å². The lowest BCUT2D eigenvalue weighted by Gasteiger charge is -2.33. The molecule has 1 aromatic carbocycles. The van der Waals surface area contributed by atoms with Crippen molar-refractivity contribution >= 4 is 17.8 Å². The zero-order chi connectivity index (χ0) is 19.4. The first-order valence-electron chi connectivity index (χ1n) is 9.16. The van der Waals surface area contributed by atoms with Gasteiger partial charge in [0.05, 0.1) is 6.61 Å². The average Bonchev–Trinajstić information content (AvgIpc) is 2.91. The number of imide groups is 1. The van der Waals surface area contributed by atoms with Crippen LogP contribution in [0.15, 0.2) is 24.3 Å². The fraction of sp³-hybridized carbons (Fsp3) is 0.526. The Balaban J connectivity index is 1.48. The van der Waals surface area contributed by atoms with Gasteiger partial charge >= 0.3 is 6.03 Å². The van der Waals surface area contributed by atoms with Crippen molar-refractivity contribution in [2.24, 2.45) is 5.92 Å². The van der Waals surface area contributed by atoms with Crippen molar-refractivity contribution < 1.29 is 23.5 Å². The number of halogens is 1. The zero-order valence-electron chi connectivity index (χ0n) is 15.3. The van der Waals surface area contributed by atoms with E-state index in [1.165, 1.54) is 6.07 Å². The van der Waals surface area contributed by atoms with Crippen molar-refractivity contribution in [3.63, 3.8) is 0 Å². The van der Waals surface area contributed by atoms with Crippen molar-refractivity contribution in [2.75, 3.05) is 19.7 Å². The number of amides is 4. The minimum atomic E-state index is -1.05. The lowest BCUT2D eigenvalue weighted by molar-refractivity contribution is -0.134. The van der Waals surface area contributed by atoms with Gasteiger partial charge in [0, 0.05) is 25.4 Å². The molecule has 146 valence electrons. The SMILES string of the molecule is C[C@]1(CCC(=O)N2CCC[C@@H](COc3ccccc3F)C2)NC(=O)NC1=O. The quantitative estimate of drug-likeness (QED) is 0.741. The number of ether oxygens (including phenoxy) is 1. The van der Waals surface area contributed by atoms with Crippen LogP contribution in [0.2, 0.25) is 0 Å². The highest BCUT2D eigenvalue weighted by atomic mass is 19.1. The number of rotatable bonds is 6. The maximum atomic E-state index is 13.6. The summed E-state index contributed by atoms with van der Waals surface area (Å²) in [5.74, 6) is -0.508. The Hall–Kier alpha value is -2.64. The number of likely N-dealkylation sites (tertiary alicyclic amines) is 1. The molecule has 2 saturated heterocycles. The molecule has 2 fully saturated rings. The van der Waals surface area contributed by atoms with Gasteiger partial charge in [-0.05, 0) is 38.3 Å². The van der Waals surface area contributed by atoms with Gasteiger partial charge in [0.1, 0.15) is 5.54 Å². The molecule has 27 heavy (non-hydrogen) atoms. The van der Waals surface area contributed by atoms with Gasteiger partial charge in [-0.2, -0.15) is 0 Å². The van der Waals surface area contributed by atoms with Crippen LogP contribution in [0.3, 0.4) is 0 Å². The fourth-order valence-corrected chi connectivity index (χ4v) is 3.47. The number of carbonyl (C=O) groups is 3. The second-order valence-electron chi connectivity index (χ2n) is 7.33. The second-order valence-corrected chi connectivity index (χ2v) is 7.33. The molecular formula is C19H24FN3O4. The molecule has 0 bridgehead atoms. The van der Waals surface area contributed by atoms with Gasteiger partial charge in [0.25, 0.3) is 5.91 Å². The highest BCUT2D eigenvalue weighted by molar-refractivity contribution is 6.06. The summed E-state index contributed by atoms with van der Waals surface area (Å²) in [4.78, 5) is 37.4. The number of hydrogen-bond acceptors (Lipinski definition) is 4. The lowest BCUT2D eigenvalue weighted by Crippen LogP contribution is -2.46. The van der Waals surface area contributed by atoms with Gasteiger partial charge in [0.15, 0.2) is 11.6 Å². The molecule has 0 spiro atoms. The van der Waals surface area contributed by atoms with Gasteiger partial charge in [-0.15, -0.1) is 0 Å². The summed E-state index contributed by atoms with van der Waals surface area (Å²) in [6, 6.07) is 5.73. The summed E-state index contributed by atoms with van der Waals surface area (Å²) in [6.45, 7) is 3.16. The number of urea groups is 1. The normalized spacial score (nSPS) is 25.1. The van der Waals surface area contributed by atoms with Crippen molar-refractivity contribution in [2.45, 2.75) is 38.1 Å². The van der Waals surface area contributed by atoms with Crippen LogP contribution in [0.1, 0.15) is 32.6 Å². The summed E-state index contributed by atoms with van der Waals surface area (Å²) in [5.41, 5.74) is -1.05. The molecule has 4 amide bonds. The number of piperidine rings is 1. The second kappa shape index (κ2) is 7.94. The zero-order valence-corrected chi connectivity index (χ0v) is 15.3. The topological polar surface area (TPSA) is 87.7 Å². The molecule has 0 aliphatic carbocycles. The van der Waals surface area contributed by atoms with Gasteiger partial charge in [0.2, 0.25) is 5.91 Å². The highest BCUT2D eigenvalue weighted by Gasteiger charge is 2.42. The van der Waals surface area contributed by atoms with Crippen LogP contribution in [0.4, 0.5) is 9.18 Å². The number of nitrogens with zero attached hydrogens (tertiary/aromatic N) is 1. The summed E-state index contributed by atoms with van der Waals surface area (Å²) >= 11 is 0. The van der Waals surface area contributed by atoms with E-state index in [9.17, 15) is 18.8 Å². The minimum Gasteiger partial charge on any atom is -0.490 e. The first-order valence-corrected chi connectivity index (χ1v) is 9.16. The molecule has 7 nitrogen and oxygen atoms in total. The fourth-order valence-electron chi connectivity index (χ4n) is 3.47. The number of para-hydroxylation sites is 1. The van der Waals surface area contributed by atoms with E-state index in [0.717, 1.165) is 12.8 Å². The van der Waals surface area contributed by atoms with E-state index in [1.807, 2.05) is 0 Å². The molecule has 2 atom stereocenters. The van der Waals surface area contributed by atoms with E-state index in [-0.39, 0.29) is 30.4 Å². The number of carbonyl (C=O) groups excluding carboxylic acids is 3. The Morgan fingerprint density at radius 3 is 2.85 bits per heavy atom. The molecule has 2 aliphatic heterocycles. The highest BCUT2D eigenvalue weighted by Crippen LogP contribution is 2.23. The third kappa shape index (κ3) is 4.56. The molecule has 0 unspecified atom stereocenters. The predicted octanol–water partition coefficient (Wildman–Crippen LogP) is 1.82. The number of benzene rings is 1. The van der Waals surface area contributed by atoms with Crippen LogP contribution in [0.5, 0.6) is 5.75 Å². The van der Waals surface area contributed by atoms with Gasteiger partial charge in [-0.1, -0.05) is 12.1 Å². The largest absolute Gasteiger partial charge is 0.490 e. The Bertz CT molecular complexity index is 741. The molecular weight excluding hydrogens is 353 g/mol. The van der Waals surface area contributed by atoms with E-state index in [2.05, 4.69) is 10.6 Å². The molecule has 1 aromatic rings. The predicted molar refractivity (Wildman–Crippen MR) is 95.5 cm³/mol. The summed E-state index contributed by atoms with van der Waals surface area (Å²) in [5, 5.41) is 4.76. The van der Waals surface area contributed by atoms with Crippen LogP contribution in [-0.2, 0) is 9.59 Å². The summed E-state index contributed by atoms with van der Waals surface area (Å²) in [6.07, 6.45) is 2.18. The van der Waals surface area contributed by atoms with Crippen molar-refractivity contribution in [1.29, 1.82) is 0 Å². The van der Waals surface area contributed by atoms with Crippen molar-refractivity contribution in [3.8, 4) is 5.75 Å². The molecule has 0 aromatic heterocycles. The van der Waals surface area contributed by atoms with Crippen LogP contribution in [-0.4, -0.2) is 48.0 Å². The first kappa shape index (κ1) is 19.1. The molecule has 0 saturated carbocycles. The first-order chi connectivity index (χ1) is 12.9. The maximum Gasteiger partial charge on any atom is 0.322 e. The van der Waals surface area contributed by atoms with Crippen molar-refractivity contribution in [3.05, 3.63) is 30.1 Å². The average molecular weight is 377 g/mol. The summed E-state index contributed by atoms with van der Waals surface area (Å²) in [7, 11) is 0. The van der Waals surface area contributed by atoms with Gasteiger partial charge < -0.3 is 15.0 Å². The van der Waals surface area contributed by atoms with Crippen LogP contribution in [0, 0.1) is 11.7 Å². The maximum absolute atomic E-state index is 13.6. The Morgan fingerprint density at radius 2 is 2.15 bits per heavy atom. The third-order valence-electron chi connectivity index (χ3n) is 5.14. The Labute approximate surface area is 157 Å². The molecule has 2 N–H and O–H groups in total.